The van der Waals surface area contributed by atoms with E-state index in [1.165, 1.54) is 13.2 Å². The van der Waals surface area contributed by atoms with Gasteiger partial charge in [-0.15, -0.1) is 0 Å². The SMILES string of the molecule is C=CC(C)Oc1cc(OC)ccc1C(=O)O. The second-order valence-corrected chi connectivity index (χ2v) is 3.23. The Morgan fingerprint density at radius 3 is 2.75 bits per heavy atom. The van der Waals surface area contributed by atoms with Gasteiger partial charge in [-0.1, -0.05) is 12.7 Å². The zero-order valence-corrected chi connectivity index (χ0v) is 9.27. The maximum atomic E-state index is 10.9. The number of rotatable bonds is 5. The molecule has 0 saturated carbocycles. The van der Waals surface area contributed by atoms with Crippen LogP contribution in [0.5, 0.6) is 11.5 Å². The van der Waals surface area contributed by atoms with Gasteiger partial charge in [0, 0.05) is 6.07 Å². The molecule has 1 aromatic carbocycles. The standard InChI is InChI=1S/C12H14O4/c1-4-8(2)16-11-7-9(15-3)5-6-10(11)12(13)14/h4-8H,1H2,2-3H3,(H,13,14). The number of carboxylic acid groups (broad SMARTS) is 1. The molecule has 4 nitrogen and oxygen atoms in total. The molecular formula is C12H14O4. The van der Waals surface area contributed by atoms with Crippen LogP contribution >= 0.6 is 0 Å². The van der Waals surface area contributed by atoms with Gasteiger partial charge in [0.2, 0.25) is 0 Å². The Hall–Kier alpha value is -1.97. The lowest BCUT2D eigenvalue weighted by molar-refractivity contribution is 0.0691. The zero-order chi connectivity index (χ0) is 12.1. The van der Waals surface area contributed by atoms with E-state index in [2.05, 4.69) is 6.58 Å². The lowest BCUT2D eigenvalue weighted by atomic mass is 10.2. The Labute approximate surface area is 94.1 Å². The van der Waals surface area contributed by atoms with Crippen LogP contribution in [0.2, 0.25) is 0 Å². The normalized spacial score (nSPS) is 11.6. The number of methoxy groups -OCH3 is 1. The van der Waals surface area contributed by atoms with Crippen LogP contribution in [0.4, 0.5) is 0 Å². The summed E-state index contributed by atoms with van der Waals surface area (Å²) in [4.78, 5) is 10.9. The summed E-state index contributed by atoms with van der Waals surface area (Å²) >= 11 is 0. The quantitative estimate of drug-likeness (QED) is 0.777. The van der Waals surface area contributed by atoms with Crippen molar-refractivity contribution in [2.75, 3.05) is 7.11 Å². The van der Waals surface area contributed by atoms with Gasteiger partial charge in [0.25, 0.3) is 0 Å². The largest absolute Gasteiger partial charge is 0.497 e. The first-order valence-corrected chi connectivity index (χ1v) is 4.79. The molecule has 1 atom stereocenters. The monoisotopic (exact) mass is 222 g/mol. The first-order chi connectivity index (χ1) is 7.58. The minimum absolute atomic E-state index is 0.106. The fraction of sp³-hybridized carbons (Fsp3) is 0.250. The Kier molecular flexibility index (Phi) is 3.94. The summed E-state index contributed by atoms with van der Waals surface area (Å²) in [7, 11) is 1.51. The van der Waals surface area contributed by atoms with Gasteiger partial charge in [0.05, 0.1) is 7.11 Å². The van der Waals surface area contributed by atoms with Crippen molar-refractivity contribution < 1.29 is 19.4 Å². The van der Waals surface area contributed by atoms with Gasteiger partial charge in [-0.05, 0) is 19.1 Å². The summed E-state index contributed by atoms with van der Waals surface area (Å²) in [6.45, 7) is 5.35. The Morgan fingerprint density at radius 1 is 1.56 bits per heavy atom. The smallest absolute Gasteiger partial charge is 0.339 e. The van der Waals surface area contributed by atoms with Crippen LogP contribution in [0.3, 0.4) is 0 Å². The van der Waals surface area contributed by atoms with Crippen LogP contribution in [0.1, 0.15) is 17.3 Å². The van der Waals surface area contributed by atoms with Crippen LogP contribution in [0.15, 0.2) is 30.9 Å². The van der Waals surface area contributed by atoms with Gasteiger partial charge in [-0.25, -0.2) is 4.79 Å². The highest BCUT2D eigenvalue weighted by Gasteiger charge is 2.13. The zero-order valence-electron chi connectivity index (χ0n) is 9.27. The average molecular weight is 222 g/mol. The van der Waals surface area contributed by atoms with Gasteiger partial charge >= 0.3 is 5.97 Å². The van der Waals surface area contributed by atoms with Crippen LogP contribution in [0, 0.1) is 0 Å². The van der Waals surface area contributed by atoms with Crippen molar-refractivity contribution in [1.29, 1.82) is 0 Å². The first kappa shape index (κ1) is 12.1. The molecule has 0 spiro atoms. The van der Waals surface area contributed by atoms with Crippen LogP contribution < -0.4 is 9.47 Å². The number of hydrogen-bond donors (Lipinski definition) is 1. The van der Waals surface area contributed by atoms with Gasteiger partial charge in [0.1, 0.15) is 23.2 Å². The molecule has 0 aliphatic rings. The minimum atomic E-state index is -1.03. The van der Waals surface area contributed by atoms with Crippen molar-refractivity contribution in [1.82, 2.24) is 0 Å². The highest BCUT2D eigenvalue weighted by Crippen LogP contribution is 2.25. The summed E-state index contributed by atoms with van der Waals surface area (Å²) in [6.07, 6.45) is 1.33. The summed E-state index contributed by atoms with van der Waals surface area (Å²) in [5, 5.41) is 8.97. The summed E-state index contributed by atoms with van der Waals surface area (Å²) < 4.78 is 10.4. The lowest BCUT2D eigenvalue weighted by Gasteiger charge is -2.13. The molecular weight excluding hydrogens is 208 g/mol. The third-order valence-corrected chi connectivity index (χ3v) is 2.06. The Balaban J connectivity index is 3.09. The second kappa shape index (κ2) is 5.21. The molecule has 86 valence electrons. The molecule has 0 fully saturated rings. The fourth-order valence-corrected chi connectivity index (χ4v) is 1.15. The summed E-state index contributed by atoms with van der Waals surface area (Å²) in [6, 6.07) is 4.57. The number of ether oxygens (including phenoxy) is 2. The van der Waals surface area contributed by atoms with Gasteiger partial charge < -0.3 is 14.6 Å². The van der Waals surface area contributed by atoms with Gasteiger partial charge in [-0.3, -0.25) is 0 Å². The number of hydrogen-bond acceptors (Lipinski definition) is 3. The fourth-order valence-electron chi connectivity index (χ4n) is 1.15. The van der Waals surface area contributed by atoms with Crippen molar-refractivity contribution in [2.45, 2.75) is 13.0 Å². The second-order valence-electron chi connectivity index (χ2n) is 3.23. The maximum absolute atomic E-state index is 10.9. The summed E-state index contributed by atoms with van der Waals surface area (Å²) in [5.41, 5.74) is 0.106. The molecule has 0 aliphatic carbocycles. The highest BCUT2D eigenvalue weighted by atomic mass is 16.5. The highest BCUT2D eigenvalue weighted by molar-refractivity contribution is 5.91. The van der Waals surface area contributed by atoms with Crippen LogP contribution in [-0.2, 0) is 0 Å². The molecule has 0 bridgehead atoms. The predicted molar refractivity (Wildman–Crippen MR) is 60.2 cm³/mol. The van der Waals surface area contributed by atoms with E-state index >= 15 is 0 Å². The summed E-state index contributed by atoms with van der Waals surface area (Å²) in [5.74, 6) is -0.204. The van der Waals surface area contributed by atoms with Crippen molar-refractivity contribution >= 4 is 5.97 Å². The van der Waals surface area contributed by atoms with E-state index in [9.17, 15) is 4.79 Å². The van der Waals surface area contributed by atoms with Crippen molar-refractivity contribution in [3.05, 3.63) is 36.4 Å². The van der Waals surface area contributed by atoms with E-state index < -0.39 is 5.97 Å². The molecule has 0 heterocycles. The number of aromatic carboxylic acids is 1. The molecule has 1 rings (SSSR count). The molecule has 0 saturated heterocycles. The van der Waals surface area contributed by atoms with Crippen LogP contribution in [0.25, 0.3) is 0 Å². The van der Waals surface area contributed by atoms with Crippen molar-refractivity contribution in [2.24, 2.45) is 0 Å². The van der Waals surface area contributed by atoms with E-state index in [1.54, 1.807) is 25.1 Å². The average Bonchev–Trinajstić information content (AvgIpc) is 2.28. The Morgan fingerprint density at radius 2 is 2.25 bits per heavy atom. The van der Waals surface area contributed by atoms with Crippen molar-refractivity contribution in [3.8, 4) is 11.5 Å². The van der Waals surface area contributed by atoms with E-state index in [4.69, 9.17) is 14.6 Å². The maximum Gasteiger partial charge on any atom is 0.339 e. The van der Waals surface area contributed by atoms with Gasteiger partial charge in [-0.2, -0.15) is 0 Å². The minimum Gasteiger partial charge on any atom is -0.497 e. The molecule has 0 radical (unpaired) electrons. The van der Waals surface area contributed by atoms with Crippen LogP contribution in [-0.4, -0.2) is 24.3 Å². The molecule has 0 aliphatic heterocycles. The molecule has 4 heteroatoms. The molecule has 1 unspecified atom stereocenters. The topological polar surface area (TPSA) is 55.8 Å². The van der Waals surface area contributed by atoms with E-state index in [1.807, 2.05) is 0 Å². The molecule has 1 N–H and O–H groups in total. The number of carboxylic acids is 1. The van der Waals surface area contributed by atoms with E-state index in [0.29, 0.717) is 5.75 Å². The Bertz CT molecular complexity index is 398. The van der Waals surface area contributed by atoms with Gasteiger partial charge in [0.15, 0.2) is 0 Å². The van der Waals surface area contributed by atoms with Crippen molar-refractivity contribution in [3.63, 3.8) is 0 Å². The molecule has 0 aromatic heterocycles. The third-order valence-electron chi connectivity index (χ3n) is 2.06. The number of carbonyl (C=O) groups is 1. The molecule has 16 heavy (non-hydrogen) atoms. The number of benzene rings is 1. The molecule has 1 aromatic rings. The predicted octanol–water partition coefficient (Wildman–Crippen LogP) is 2.35. The third kappa shape index (κ3) is 2.76. The van der Waals surface area contributed by atoms with E-state index in [0.717, 1.165) is 0 Å². The lowest BCUT2D eigenvalue weighted by Crippen LogP contribution is -2.11. The van der Waals surface area contributed by atoms with E-state index in [-0.39, 0.29) is 17.4 Å². The first-order valence-electron chi connectivity index (χ1n) is 4.79. The molecule has 0 amide bonds.